The Kier molecular flexibility index (Phi) is 6.56. The molecular weight excluding hydrogens is 534 g/mol. The number of carbonyl (C=O) groups excluding carboxylic acids is 2. The summed E-state index contributed by atoms with van der Waals surface area (Å²) in [5.74, 6) is 0.604. The third-order valence-electron chi connectivity index (χ3n) is 8.40. The largest absolute Gasteiger partial charge is 0.460 e. The van der Waals surface area contributed by atoms with Crippen molar-refractivity contribution in [1.82, 2.24) is 19.4 Å². The molecule has 210 valence electrons. The lowest BCUT2D eigenvalue weighted by Gasteiger charge is -2.45. The molecule has 2 aromatic heterocycles. The molecule has 0 aliphatic carbocycles. The Bertz CT molecular complexity index is 1580. The van der Waals surface area contributed by atoms with E-state index in [2.05, 4.69) is 20.5 Å². The first-order valence-electron chi connectivity index (χ1n) is 13.6. The number of ether oxygens (including phenoxy) is 1. The topological polar surface area (TPSA) is 122 Å². The Morgan fingerprint density at radius 3 is 2.67 bits per heavy atom. The minimum Gasteiger partial charge on any atom is -0.460 e. The molecule has 0 saturated carbocycles. The second kappa shape index (κ2) is 9.96. The van der Waals surface area contributed by atoms with Gasteiger partial charge in [0.05, 0.1) is 28.9 Å². The quantitative estimate of drug-likeness (QED) is 0.459. The molecule has 12 heteroatoms. The predicted molar refractivity (Wildman–Crippen MR) is 154 cm³/mol. The summed E-state index contributed by atoms with van der Waals surface area (Å²) in [4.78, 5) is 51.7. The molecule has 0 bridgehead atoms. The van der Waals surface area contributed by atoms with E-state index >= 15 is 0 Å². The molecule has 1 spiro atoms. The van der Waals surface area contributed by atoms with Crippen LogP contribution in [-0.2, 0) is 16.6 Å². The number of carbonyl (C=O) groups is 2. The van der Waals surface area contributed by atoms with Crippen LogP contribution in [-0.4, -0.2) is 70.6 Å². The number of halogens is 1. The van der Waals surface area contributed by atoms with Crippen molar-refractivity contribution in [3.05, 3.63) is 45.3 Å². The Labute approximate surface area is 236 Å². The van der Waals surface area contributed by atoms with Gasteiger partial charge in [0.25, 0.3) is 5.56 Å². The zero-order valence-electron chi connectivity index (χ0n) is 22.8. The summed E-state index contributed by atoms with van der Waals surface area (Å²) in [5.41, 5.74) is 1.10. The highest BCUT2D eigenvalue weighted by Crippen LogP contribution is 2.41. The number of hydrogen-bond acceptors (Lipinski definition) is 9. The summed E-state index contributed by atoms with van der Waals surface area (Å²) in [6.07, 6.45) is 5.08. The number of piperidine rings is 2. The number of nitrogens with zero attached hydrogens (tertiary/aromatic N) is 5. The van der Waals surface area contributed by atoms with E-state index in [1.165, 1.54) is 4.57 Å². The van der Waals surface area contributed by atoms with Crippen molar-refractivity contribution in [2.45, 2.75) is 38.6 Å². The van der Waals surface area contributed by atoms with E-state index in [0.717, 1.165) is 32.2 Å². The van der Waals surface area contributed by atoms with Crippen LogP contribution in [0.15, 0.2) is 29.2 Å². The summed E-state index contributed by atoms with van der Waals surface area (Å²) in [5, 5.41) is 7.62. The Morgan fingerprint density at radius 2 is 1.90 bits per heavy atom. The van der Waals surface area contributed by atoms with E-state index in [4.69, 9.17) is 21.3 Å². The molecule has 2 saturated heterocycles. The van der Waals surface area contributed by atoms with Gasteiger partial charge < -0.3 is 29.7 Å². The van der Waals surface area contributed by atoms with Crippen LogP contribution in [0, 0.1) is 5.41 Å². The summed E-state index contributed by atoms with van der Waals surface area (Å²) < 4.78 is 6.75. The average molecular weight is 566 g/mol. The van der Waals surface area contributed by atoms with Crippen molar-refractivity contribution in [3.8, 4) is 0 Å². The number of pyridine rings is 1. The zero-order chi connectivity index (χ0) is 28.2. The molecule has 6 rings (SSSR count). The molecular formula is C28H32ClN7O4. The van der Waals surface area contributed by atoms with Gasteiger partial charge in [0, 0.05) is 44.8 Å². The van der Waals surface area contributed by atoms with Crippen molar-refractivity contribution < 1.29 is 14.3 Å². The number of esters is 1. The van der Waals surface area contributed by atoms with Gasteiger partial charge in [0.1, 0.15) is 17.2 Å². The highest BCUT2D eigenvalue weighted by atomic mass is 35.5. The maximum Gasteiger partial charge on any atom is 0.346 e. The Hall–Kier alpha value is -3.86. The van der Waals surface area contributed by atoms with Crippen LogP contribution < -0.4 is 21.1 Å². The fourth-order valence-electron chi connectivity index (χ4n) is 6.13. The number of amides is 1. The minimum atomic E-state index is -0.638. The van der Waals surface area contributed by atoms with E-state index < -0.39 is 11.5 Å². The number of cyclic esters (lactones) is 1. The maximum absolute atomic E-state index is 13.0. The molecule has 0 radical (unpaired) electrons. The molecule has 3 aliphatic heterocycles. The summed E-state index contributed by atoms with van der Waals surface area (Å²) in [6, 6.07) is 5.35. The normalized spacial score (nSPS) is 20.6. The monoisotopic (exact) mass is 565 g/mol. The van der Waals surface area contributed by atoms with E-state index in [1.54, 1.807) is 13.2 Å². The molecule has 1 unspecified atom stereocenters. The fourth-order valence-corrected chi connectivity index (χ4v) is 6.26. The molecule has 1 atom stereocenters. The van der Waals surface area contributed by atoms with Gasteiger partial charge in [-0.3, -0.25) is 9.59 Å². The van der Waals surface area contributed by atoms with E-state index in [0.29, 0.717) is 52.2 Å². The number of anilines is 4. The van der Waals surface area contributed by atoms with Crippen LogP contribution in [0.1, 0.15) is 43.0 Å². The van der Waals surface area contributed by atoms with Gasteiger partial charge in [-0.1, -0.05) is 11.6 Å². The number of aromatic nitrogens is 3. The predicted octanol–water partition coefficient (Wildman–Crippen LogP) is 3.54. The van der Waals surface area contributed by atoms with E-state index in [9.17, 15) is 14.4 Å². The molecule has 2 N–H and O–H groups in total. The van der Waals surface area contributed by atoms with E-state index in [1.807, 2.05) is 37.1 Å². The molecule has 2 fully saturated rings. The lowest BCUT2D eigenvalue weighted by Crippen LogP contribution is -2.52. The van der Waals surface area contributed by atoms with Crippen LogP contribution in [0.5, 0.6) is 0 Å². The third kappa shape index (κ3) is 4.42. The van der Waals surface area contributed by atoms with Crippen LogP contribution in [0.3, 0.4) is 0 Å². The van der Waals surface area contributed by atoms with Crippen molar-refractivity contribution in [3.63, 3.8) is 0 Å². The zero-order valence-corrected chi connectivity index (χ0v) is 23.5. The fraction of sp³-hybridized carbons (Fsp3) is 0.464. The smallest absolute Gasteiger partial charge is 0.346 e. The molecule has 5 heterocycles. The van der Waals surface area contributed by atoms with E-state index in [-0.39, 0.29) is 29.5 Å². The number of benzene rings is 1. The number of fused-ring (bicyclic) bond motifs is 3. The Balaban J connectivity index is 1.29. The van der Waals surface area contributed by atoms with Gasteiger partial charge in [-0.2, -0.15) is 4.98 Å². The minimum absolute atomic E-state index is 0.00985. The molecule has 1 aromatic carbocycles. The first-order chi connectivity index (χ1) is 19.2. The van der Waals surface area contributed by atoms with Gasteiger partial charge in [0.2, 0.25) is 11.9 Å². The van der Waals surface area contributed by atoms with Gasteiger partial charge >= 0.3 is 5.97 Å². The molecule has 1 amide bonds. The van der Waals surface area contributed by atoms with Crippen LogP contribution >= 0.6 is 11.6 Å². The number of rotatable bonds is 3. The van der Waals surface area contributed by atoms with Crippen molar-refractivity contribution in [2.75, 3.05) is 48.8 Å². The van der Waals surface area contributed by atoms with Crippen molar-refractivity contribution >= 4 is 57.5 Å². The van der Waals surface area contributed by atoms with Crippen LogP contribution in [0.25, 0.3) is 10.9 Å². The maximum atomic E-state index is 13.0. The summed E-state index contributed by atoms with van der Waals surface area (Å²) in [6.45, 7) is 4.26. The Morgan fingerprint density at radius 1 is 1.12 bits per heavy atom. The molecule has 40 heavy (non-hydrogen) atoms. The van der Waals surface area contributed by atoms with Gasteiger partial charge in [0.15, 0.2) is 5.82 Å². The lowest BCUT2D eigenvalue weighted by atomic mass is 9.72. The van der Waals surface area contributed by atoms with Gasteiger partial charge in [-0.15, -0.1) is 0 Å². The number of likely N-dealkylation sites (tertiary alicyclic amines) is 1. The molecule has 3 aromatic rings. The SMILES string of the molecule is CC1COC(=O)c2c(c3cc(Nc4nc(N5CCC6(CCCN(C)C6=O)CC5)ncc4Cl)ccc3n(C)c2=O)N1. The number of hydrogen-bond donors (Lipinski definition) is 2. The summed E-state index contributed by atoms with van der Waals surface area (Å²) >= 11 is 6.50. The third-order valence-corrected chi connectivity index (χ3v) is 8.68. The second-order valence-electron chi connectivity index (χ2n) is 11.1. The first kappa shape index (κ1) is 26.4. The summed E-state index contributed by atoms with van der Waals surface area (Å²) in [7, 11) is 3.52. The highest BCUT2D eigenvalue weighted by molar-refractivity contribution is 6.33. The highest BCUT2D eigenvalue weighted by Gasteiger charge is 2.45. The first-order valence-corrected chi connectivity index (χ1v) is 14.0. The lowest BCUT2D eigenvalue weighted by molar-refractivity contribution is -0.146. The standard InChI is InChI=1S/C28H32ClN7O4/c1-16-15-40-25(38)21-22(31-16)18-13-17(5-6-20(18)35(3)24(21)37)32-23-19(29)14-30-27(33-23)36-11-8-28(9-12-36)7-4-10-34(2)26(28)39/h5-6,13-14,16,31H,4,7-12,15H2,1-3H3,(H,30,32,33). The van der Waals surface area contributed by atoms with Gasteiger partial charge in [-0.25, -0.2) is 9.78 Å². The van der Waals surface area contributed by atoms with Crippen molar-refractivity contribution in [2.24, 2.45) is 12.5 Å². The van der Waals surface area contributed by atoms with Crippen LogP contribution in [0.4, 0.5) is 23.1 Å². The molecule has 3 aliphatic rings. The second-order valence-corrected chi connectivity index (χ2v) is 11.5. The van der Waals surface area contributed by atoms with Crippen molar-refractivity contribution in [1.29, 1.82) is 0 Å². The van der Waals surface area contributed by atoms with Gasteiger partial charge in [-0.05, 0) is 50.8 Å². The molecule has 11 nitrogen and oxygen atoms in total. The number of nitrogens with one attached hydrogen (secondary N) is 2. The average Bonchev–Trinajstić information content (AvgIpc) is 3.10. The van der Waals surface area contributed by atoms with Crippen LogP contribution in [0.2, 0.25) is 5.02 Å². The number of aryl methyl sites for hydroxylation is 1.